The molecule has 3 rings (SSSR count). The molecule has 144 valence electrons. The lowest BCUT2D eigenvalue weighted by Crippen LogP contribution is -2.55. The van der Waals surface area contributed by atoms with Crippen molar-refractivity contribution in [1.82, 2.24) is 10.2 Å². The minimum absolute atomic E-state index is 0.0218. The van der Waals surface area contributed by atoms with Crippen molar-refractivity contribution in [1.29, 1.82) is 0 Å². The van der Waals surface area contributed by atoms with Crippen LogP contribution < -0.4 is 10.1 Å². The summed E-state index contributed by atoms with van der Waals surface area (Å²) in [6.45, 7) is 9.86. The zero-order valence-corrected chi connectivity index (χ0v) is 16.8. The number of hydrogen-bond acceptors (Lipinski definition) is 3. The quantitative estimate of drug-likeness (QED) is 0.806. The van der Waals surface area contributed by atoms with Crippen LogP contribution in [0.2, 0.25) is 0 Å². The van der Waals surface area contributed by atoms with Crippen LogP contribution in [0, 0.1) is 11.8 Å². The van der Waals surface area contributed by atoms with Gasteiger partial charge in [0.1, 0.15) is 5.75 Å². The van der Waals surface area contributed by atoms with Gasteiger partial charge in [0, 0.05) is 24.5 Å². The van der Waals surface area contributed by atoms with Crippen molar-refractivity contribution in [3.63, 3.8) is 0 Å². The van der Waals surface area contributed by atoms with Gasteiger partial charge in [0.05, 0.1) is 7.11 Å². The molecule has 1 aromatic carbocycles. The van der Waals surface area contributed by atoms with Crippen LogP contribution in [0.1, 0.15) is 57.9 Å². The number of carbonyl (C=O) groups is 1. The molecule has 3 unspecified atom stereocenters. The summed E-state index contributed by atoms with van der Waals surface area (Å²) in [5, 5.41) is 3.23. The number of ether oxygens (including phenoxy) is 1. The van der Waals surface area contributed by atoms with Gasteiger partial charge in [0.15, 0.2) is 0 Å². The monoisotopic (exact) mass is 358 g/mol. The van der Waals surface area contributed by atoms with Gasteiger partial charge in [-0.05, 0) is 69.2 Å². The Labute approximate surface area is 158 Å². The van der Waals surface area contributed by atoms with E-state index >= 15 is 0 Å². The summed E-state index contributed by atoms with van der Waals surface area (Å²) in [6.07, 6.45) is 4.84. The predicted molar refractivity (Wildman–Crippen MR) is 106 cm³/mol. The molecule has 3 atom stereocenters. The normalized spacial score (nSPS) is 26.4. The van der Waals surface area contributed by atoms with E-state index in [-0.39, 0.29) is 17.4 Å². The van der Waals surface area contributed by atoms with E-state index in [4.69, 9.17) is 4.74 Å². The highest BCUT2D eigenvalue weighted by molar-refractivity contribution is 5.83. The summed E-state index contributed by atoms with van der Waals surface area (Å²) in [7, 11) is 1.68. The first-order valence-corrected chi connectivity index (χ1v) is 10.1. The maximum Gasteiger partial charge on any atom is 0.223 e. The number of benzene rings is 1. The summed E-state index contributed by atoms with van der Waals surface area (Å²) in [5.41, 5.74) is 1.26. The first-order chi connectivity index (χ1) is 12.4. The number of methoxy groups -OCH3 is 1. The average molecular weight is 359 g/mol. The number of nitrogens with zero attached hydrogens (tertiary/aromatic N) is 1. The van der Waals surface area contributed by atoms with Crippen molar-refractivity contribution in [2.45, 2.75) is 57.9 Å². The van der Waals surface area contributed by atoms with Gasteiger partial charge in [-0.1, -0.05) is 25.5 Å². The van der Waals surface area contributed by atoms with Crippen molar-refractivity contribution in [2.24, 2.45) is 11.8 Å². The Kier molecular flexibility index (Phi) is 5.91. The molecular formula is C22H34N2O2. The Morgan fingerprint density at radius 1 is 1.31 bits per heavy atom. The molecule has 4 nitrogen and oxygen atoms in total. The lowest BCUT2D eigenvalue weighted by atomic mass is 9.91. The van der Waals surface area contributed by atoms with E-state index in [9.17, 15) is 4.79 Å². The molecule has 0 aromatic heterocycles. The van der Waals surface area contributed by atoms with Gasteiger partial charge >= 0.3 is 0 Å². The second-order valence-corrected chi connectivity index (χ2v) is 8.61. The largest absolute Gasteiger partial charge is 0.497 e. The van der Waals surface area contributed by atoms with Crippen molar-refractivity contribution >= 4 is 5.91 Å². The first-order valence-electron chi connectivity index (χ1n) is 10.1. The van der Waals surface area contributed by atoms with Crippen LogP contribution in [0.15, 0.2) is 24.3 Å². The predicted octanol–water partition coefficient (Wildman–Crippen LogP) is 3.82. The first kappa shape index (κ1) is 19.2. The fourth-order valence-electron chi connectivity index (χ4n) is 4.20. The van der Waals surface area contributed by atoms with Crippen molar-refractivity contribution in [3.8, 4) is 5.75 Å². The lowest BCUT2D eigenvalue weighted by molar-refractivity contribution is -0.123. The highest BCUT2D eigenvalue weighted by atomic mass is 16.5. The molecule has 1 aromatic rings. The third kappa shape index (κ3) is 4.40. The van der Waals surface area contributed by atoms with E-state index in [1.807, 2.05) is 12.1 Å². The number of piperidine rings is 1. The number of amides is 1. The van der Waals surface area contributed by atoms with Crippen LogP contribution in [-0.2, 0) is 4.79 Å². The Balaban J connectivity index is 1.49. The van der Waals surface area contributed by atoms with Gasteiger partial charge < -0.3 is 10.1 Å². The van der Waals surface area contributed by atoms with E-state index in [0.717, 1.165) is 37.7 Å². The Hall–Kier alpha value is -1.55. The molecule has 0 bridgehead atoms. The summed E-state index contributed by atoms with van der Waals surface area (Å²) in [4.78, 5) is 15.2. The van der Waals surface area contributed by atoms with Crippen molar-refractivity contribution in [2.75, 3.05) is 26.7 Å². The van der Waals surface area contributed by atoms with E-state index in [1.165, 1.54) is 24.8 Å². The van der Waals surface area contributed by atoms with Crippen LogP contribution in [0.25, 0.3) is 0 Å². The molecule has 1 amide bonds. The van der Waals surface area contributed by atoms with Crippen molar-refractivity contribution < 1.29 is 9.53 Å². The minimum Gasteiger partial charge on any atom is -0.497 e. The van der Waals surface area contributed by atoms with Crippen LogP contribution in [0.5, 0.6) is 5.75 Å². The highest BCUT2D eigenvalue weighted by Crippen LogP contribution is 2.47. The molecule has 1 saturated heterocycles. The Bertz CT molecular complexity index is 611. The number of likely N-dealkylation sites (tertiary alicyclic amines) is 1. The fraction of sp³-hybridized carbons (Fsp3) is 0.682. The van der Waals surface area contributed by atoms with Crippen LogP contribution in [-0.4, -0.2) is 43.1 Å². The second kappa shape index (κ2) is 7.99. The number of rotatable bonds is 7. The summed E-state index contributed by atoms with van der Waals surface area (Å²) in [5.74, 6) is 2.38. The standard InChI is InChI=1S/C22H34N2O2/c1-5-16-7-6-12-24(14-16)22(2,3)15-23-21(25)20-13-19(20)17-8-10-18(26-4)11-9-17/h8-11,16,19-20H,5-7,12-15H2,1-4H3,(H,23,25). The lowest BCUT2D eigenvalue weighted by Gasteiger charge is -2.43. The molecule has 1 heterocycles. The third-order valence-electron chi connectivity index (χ3n) is 6.32. The van der Waals surface area contributed by atoms with Crippen molar-refractivity contribution in [3.05, 3.63) is 29.8 Å². The SMILES string of the molecule is CCC1CCCN(C(C)(C)CNC(=O)C2CC2c2ccc(OC)cc2)C1. The number of carbonyl (C=O) groups excluding carboxylic acids is 1. The minimum atomic E-state index is 0.0218. The molecule has 1 aliphatic carbocycles. The summed E-state index contributed by atoms with van der Waals surface area (Å²) < 4.78 is 5.21. The topological polar surface area (TPSA) is 41.6 Å². The molecular weight excluding hydrogens is 324 g/mol. The zero-order valence-electron chi connectivity index (χ0n) is 16.8. The van der Waals surface area contributed by atoms with Gasteiger partial charge in [0.25, 0.3) is 0 Å². The van der Waals surface area contributed by atoms with Crippen LogP contribution in [0.4, 0.5) is 0 Å². The van der Waals surface area contributed by atoms with E-state index in [2.05, 4.69) is 43.1 Å². The van der Waals surface area contributed by atoms with E-state index in [0.29, 0.717) is 5.92 Å². The fourth-order valence-corrected chi connectivity index (χ4v) is 4.20. The molecule has 1 aliphatic heterocycles. The summed E-state index contributed by atoms with van der Waals surface area (Å²) >= 11 is 0. The molecule has 2 aliphatic rings. The van der Waals surface area contributed by atoms with Gasteiger partial charge in [-0.15, -0.1) is 0 Å². The van der Waals surface area contributed by atoms with Crippen LogP contribution in [0.3, 0.4) is 0 Å². The Morgan fingerprint density at radius 3 is 2.69 bits per heavy atom. The number of nitrogens with one attached hydrogen (secondary N) is 1. The zero-order chi connectivity index (χ0) is 18.7. The molecule has 26 heavy (non-hydrogen) atoms. The molecule has 1 saturated carbocycles. The molecule has 0 radical (unpaired) electrons. The number of hydrogen-bond donors (Lipinski definition) is 1. The Morgan fingerprint density at radius 2 is 2.04 bits per heavy atom. The third-order valence-corrected chi connectivity index (χ3v) is 6.32. The second-order valence-electron chi connectivity index (χ2n) is 8.61. The maximum absolute atomic E-state index is 12.6. The van der Waals surface area contributed by atoms with Gasteiger partial charge in [-0.25, -0.2) is 0 Å². The van der Waals surface area contributed by atoms with Gasteiger partial charge in [-0.3, -0.25) is 9.69 Å². The van der Waals surface area contributed by atoms with Gasteiger partial charge in [-0.2, -0.15) is 0 Å². The smallest absolute Gasteiger partial charge is 0.223 e. The molecule has 0 spiro atoms. The molecule has 4 heteroatoms. The van der Waals surface area contributed by atoms with Crippen LogP contribution >= 0.6 is 0 Å². The molecule has 2 fully saturated rings. The molecule has 1 N–H and O–H groups in total. The average Bonchev–Trinajstić information content (AvgIpc) is 3.47. The van der Waals surface area contributed by atoms with E-state index < -0.39 is 0 Å². The van der Waals surface area contributed by atoms with Gasteiger partial charge in [0.2, 0.25) is 5.91 Å². The maximum atomic E-state index is 12.6. The summed E-state index contributed by atoms with van der Waals surface area (Å²) in [6, 6.07) is 8.12. The van der Waals surface area contributed by atoms with E-state index in [1.54, 1.807) is 7.11 Å². The highest BCUT2D eigenvalue weighted by Gasteiger charge is 2.44.